The third-order valence-electron chi connectivity index (χ3n) is 2.57. The average molecular weight is 279 g/mol. The van der Waals surface area contributed by atoms with E-state index in [1.165, 1.54) is 6.21 Å². The summed E-state index contributed by atoms with van der Waals surface area (Å²) in [6, 6.07) is 6.96. The van der Waals surface area contributed by atoms with Crippen LogP contribution in [-0.4, -0.2) is 23.7 Å². The molecule has 0 fully saturated rings. The van der Waals surface area contributed by atoms with Gasteiger partial charge in [0.25, 0.3) is 5.91 Å². The molecule has 1 aromatic carbocycles. The van der Waals surface area contributed by atoms with E-state index in [1.807, 2.05) is 0 Å². The summed E-state index contributed by atoms with van der Waals surface area (Å²) in [6.07, 6.45) is 1.48. The minimum Gasteiger partial charge on any atom is -0.272 e. The van der Waals surface area contributed by atoms with Gasteiger partial charge in [-0.2, -0.15) is 10.2 Å². The molecule has 0 bridgehead atoms. The highest BCUT2D eigenvalue weighted by molar-refractivity contribution is 6.44. The van der Waals surface area contributed by atoms with Crippen LogP contribution in [0.1, 0.15) is 12.5 Å². The first-order valence-corrected chi connectivity index (χ1v) is 5.92. The van der Waals surface area contributed by atoms with E-state index in [2.05, 4.69) is 21.1 Å². The van der Waals surface area contributed by atoms with E-state index in [-0.39, 0.29) is 11.6 Å². The fourth-order valence-corrected chi connectivity index (χ4v) is 1.58. The van der Waals surface area contributed by atoms with Crippen molar-refractivity contribution in [3.63, 3.8) is 0 Å². The van der Waals surface area contributed by atoms with Crippen LogP contribution in [0.2, 0.25) is 5.02 Å². The van der Waals surface area contributed by atoms with Crippen LogP contribution >= 0.6 is 11.6 Å². The second-order valence-corrected chi connectivity index (χ2v) is 4.38. The van der Waals surface area contributed by atoms with E-state index in [0.717, 1.165) is 5.56 Å². The maximum Gasteiger partial charge on any atom is 0.288 e. The van der Waals surface area contributed by atoms with Crippen molar-refractivity contribution in [1.82, 2.24) is 10.9 Å². The first-order chi connectivity index (χ1) is 9.08. The molecule has 1 aromatic rings. The molecule has 7 heteroatoms. The third kappa shape index (κ3) is 3.17. The molecule has 2 amide bonds. The van der Waals surface area contributed by atoms with E-state index in [9.17, 15) is 9.59 Å². The van der Waals surface area contributed by atoms with Gasteiger partial charge in [-0.3, -0.25) is 9.59 Å². The molecule has 2 rings (SSSR count). The quantitative estimate of drug-likeness (QED) is 0.636. The molecule has 0 radical (unpaired) electrons. The molecular weight excluding hydrogens is 268 g/mol. The van der Waals surface area contributed by atoms with Crippen LogP contribution in [0.3, 0.4) is 0 Å². The van der Waals surface area contributed by atoms with Crippen LogP contribution in [0.4, 0.5) is 0 Å². The number of benzene rings is 1. The van der Waals surface area contributed by atoms with Crippen molar-refractivity contribution in [2.24, 2.45) is 16.1 Å². The Balaban J connectivity index is 1.94. The Bertz CT molecular complexity index is 566. The summed E-state index contributed by atoms with van der Waals surface area (Å²) in [6.45, 7) is 1.60. The molecule has 98 valence electrons. The summed E-state index contributed by atoms with van der Waals surface area (Å²) in [7, 11) is 0. The van der Waals surface area contributed by atoms with E-state index < -0.39 is 11.8 Å². The Morgan fingerprint density at radius 3 is 2.74 bits per heavy atom. The second kappa shape index (κ2) is 5.62. The zero-order valence-corrected chi connectivity index (χ0v) is 10.8. The lowest BCUT2D eigenvalue weighted by Crippen LogP contribution is -2.32. The number of carbonyl (C=O) groups excluding carboxylic acids is 2. The van der Waals surface area contributed by atoms with Gasteiger partial charge in [-0.15, -0.1) is 0 Å². The standard InChI is InChI=1S/C12H11ClN4O2/c1-7-10(15-17-11(7)18)12(19)16-14-6-8-2-4-9(13)5-3-8/h2-7H,1H3,(H,16,19)(H,17,18). The van der Waals surface area contributed by atoms with Gasteiger partial charge in [-0.1, -0.05) is 23.7 Å². The zero-order valence-electron chi connectivity index (χ0n) is 10.1. The van der Waals surface area contributed by atoms with E-state index >= 15 is 0 Å². The Hall–Kier alpha value is -2.21. The number of hydrogen-bond acceptors (Lipinski definition) is 4. The summed E-state index contributed by atoms with van der Waals surface area (Å²) >= 11 is 5.74. The lowest BCUT2D eigenvalue weighted by atomic mass is 10.1. The Morgan fingerprint density at radius 2 is 2.16 bits per heavy atom. The van der Waals surface area contributed by atoms with Crippen LogP contribution < -0.4 is 10.9 Å². The molecule has 1 atom stereocenters. The summed E-state index contributed by atoms with van der Waals surface area (Å²) in [5.41, 5.74) is 5.46. The summed E-state index contributed by atoms with van der Waals surface area (Å²) in [4.78, 5) is 22.8. The molecule has 0 spiro atoms. The van der Waals surface area contributed by atoms with E-state index in [4.69, 9.17) is 11.6 Å². The molecular formula is C12H11ClN4O2. The van der Waals surface area contributed by atoms with Gasteiger partial charge < -0.3 is 0 Å². The number of carbonyl (C=O) groups is 2. The fraction of sp³-hybridized carbons (Fsp3) is 0.167. The molecule has 1 heterocycles. The van der Waals surface area contributed by atoms with Crippen LogP contribution in [0, 0.1) is 5.92 Å². The summed E-state index contributed by atoms with van der Waals surface area (Å²) in [5.74, 6) is -1.37. The predicted molar refractivity (Wildman–Crippen MR) is 71.9 cm³/mol. The molecule has 0 aromatic heterocycles. The fourth-order valence-electron chi connectivity index (χ4n) is 1.45. The molecule has 6 nitrogen and oxygen atoms in total. The summed E-state index contributed by atoms with van der Waals surface area (Å²) in [5, 5.41) is 8.06. The predicted octanol–water partition coefficient (Wildman–Crippen LogP) is 0.912. The lowest BCUT2D eigenvalue weighted by Gasteiger charge is -2.01. The molecule has 0 aliphatic carbocycles. The Labute approximate surface area is 114 Å². The van der Waals surface area contributed by atoms with Crippen molar-refractivity contribution < 1.29 is 9.59 Å². The van der Waals surface area contributed by atoms with Gasteiger partial charge in [0.1, 0.15) is 5.71 Å². The van der Waals surface area contributed by atoms with Crippen molar-refractivity contribution in [3.05, 3.63) is 34.9 Å². The topological polar surface area (TPSA) is 82.9 Å². The largest absolute Gasteiger partial charge is 0.288 e. The molecule has 2 N–H and O–H groups in total. The molecule has 1 unspecified atom stereocenters. The van der Waals surface area contributed by atoms with E-state index in [1.54, 1.807) is 31.2 Å². The average Bonchev–Trinajstić information content (AvgIpc) is 2.72. The lowest BCUT2D eigenvalue weighted by molar-refractivity contribution is -0.122. The third-order valence-corrected chi connectivity index (χ3v) is 2.82. The van der Waals surface area contributed by atoms with Crippen LogP contribution in [0.5, 0.6) is 0 Å². The van der Waals surface area contributed by atoms with Gasteiger partial charge >= 0.3 is 0 Å². The van der Waals surface area contributed by atoms with Crippen molar-refractivity contribution in [2.75, 3.05) is 0 Å². The zero-order chi connectivity index (χ0) is 13.8. The number of halogens is 1. The van der Waals surface area contributed by atoms with Crippen LogP contribution in [-0.2, 0) is 9.59 Å². The van der Waals surface area contributed by atoms with Gasteiger partial charge in [0, 0.05) is 5.02 Å². The number of nitrogens with one attached hydrogen (secondary N) is 2. The van der Waals surface area contributed by atoms with Gasteiger partial charge in [0.05, 0.1) is 12.1 Å². The minimum atomic E-state index is -0.564. The van der Waals surface area contributed by atoms with Gasteiger partial charge in [0.15, 0.2) is 0 Å². The molecule has 0 saturated heterocycles. The Kier molecular flexibility index (Phi) is 3.91. The highest BCUT2D eigenvalue weighted by atomic mass is 35.5. The summed E-state index contributed by atoms with van der Waals surface area (Å²) < 4.78 is 0. The van der Waals surface area contributed by atoms with Crippen molar-refractivity contribution in [3.8, 4) is 0 Å². The number of hydrogen-bond donors (Lipinski definition) is 2. The first kappa shape index (κ1) is 13.2. The van der Waals surface area contributed by atoms with Crippen LogP contribution in [0.25, 0.3) is 0 Å². The monoisotopic (exact) mass is 278 g/mol. The highest BCUT2D eigenvalue weighted by Crippen LogP contribution is 2.08. The number of hydrazone groups is 2. The Morgan fingerprint density at radius 1 is 1.47 bits per heavy atom. The highest BCUT2D eigenvalue weighted by Gasteiger charge is 2.30. The maximum atomic E-state index is 11.7. The molecule has 1 aliphatic rings. The van der Waals surface area contributed by atoms with Gasteiger partial charge in [-0.05, 0) is 24.6 Å². The van der Waals surface area contributed by atoms with Crippen molar-refractivity contribution >= 4 is 35.3 Å². The van der Waals surface area contributed by atoms with Crippen molar-refractivity contribution in [1.29, 1.82) is 0 Å². The number of amides is 2. The van der Waals surface area contributed by atoms with Gasteiger partial charge in [-0.25, -0.2) is 10.9 Å². The normalized spacial score (nSPS) is 18.3. The molecule has 19 heavy (non-hydrogen) atoms. The minimum absolute atomic E-state index is 0.123. The van der Waals surface area contributed by atoms with Crippen LogP contribution in [0.15, 0.2) is 34.5 Å². The van der Waals surface area contributed by atoms with E-state index in [0.29, 0.717) is 5.02 Å². The molecule has 0 saturated carbocycles. The first-order valence-electron chi connectivity index (χ1n) is 5.54. The number of rotatable bonds is 3. The van der Waals surface area contributed by atoms with Gasteiger partial charge in [0.2, 0.25) is 5.91 Å². The number of nitrogens with zero attached hydrogens (tertiary/aromatic N) is 2. The second-order valence-electron chi connectivity index (χ2n) is 3.95. The smallest absolute Gasteiger partial charge is 0.272 e. The SMILES string of the molecule is CC1C(=O)NN=C1C(=O)NN=Cc1ccc(Cl)cc1. The molecule has 1 aliphatic heterocycles. The van der Waals surface area contributed by atoms with Crippen molar-refractivity contribution in [2.45, 2.75) is 6.92 Å². The maximum absolute atomic E-state index is 11.7.